The molecule has 5 fully saturated rings. The Kier molecular flexibility index (Phi) is 5.03. The summed E-state index contributed by atoms with van der Waals surface area (Å²) in [5.74, 6) is 2.38. The Morgan fingerprint density at radius 3 is 2.38 bits per heavy atom. The molecule has 0 radical (unpaired) electrons. The van der Waals surface area contributed by atoms with E-state index in [-0.39, 0.29) is 17.4 Å². The number of thiocarbonyl (C=S) groups is 1. The molecule has 4 aliphatic carbocycles. The molecule has 152 valence electrons. The monoisotopic (exact) mass is 426 g/mol. The summed E-state index contributed by atoms with van der Waals surface area (Å²) >= 11 is 6.73. The van der Waals surface area contributed by atoms with E-state index in [1.54, 1.807) is 4.90 Å². The number of amides is 2. The molecule has 1 heterocycles. The second-order valence-corrected chi connectivity index (χ2v) is 10.9. The molecule has 0 aromatic heterocycles. The summed E-state index contributed by atoms with van der Waals surface area (Å²) in [6.07, 6.45) is 9.70. The van der Waals surface area contributed by atoms with Gasteiger partial charge in [0.2, 0.25) is 5.91 Å². The van der Waals surface area contributed by atoms with Crippen molar-refractivity contribution in [2.24, 2.45) is 17.8 Å². The third-order valence-electron chi connectivity index (χ3n) is 6.98. The molecule has 1 aliphatic heterocycles. The molecular formula is C23H26N2O2S2. The maximum Gasteiger partial charge on any atom is 0.266 e. The Balaban J connectivity index is 1.19. The van der Waals surface area contributed by atoms with Crippen molar-refractivity contribution in [2.45, 2.75) is 50.5 Å². The van der Waals surface area contributed by atoms with E-state index in [0.29, 0.717) is 22.2 Å². The zero-order valence-corrected chi connectivity index (χ0v) is 18.1. The first-order chi connectivity index (χ1) is 14.0. The molecule has 29 heavy (non-hydrogen) atoms. The highest BCUT2D eigenvalue weighted by Gasteiger charge is 2.51. The maximum atomic E-state index is 12.8. The van der Waals surface area contributed by atoms with Gasteiger partial charge < -0.3 is 5.32 Å². The molecule has 4 bridgehead atoms. The first-order valence-corrected chi connectivity index (χ1v) is 11.8. The number of benzene rings is 1. The van der Waals surface area contributed by atoms with Gasteiger partial charge in [0.15, 0.2) is 0 Å². The van der Waals surface area contributed by atoms with Crippen molar-refractivity contribution in [3.05, 3.63) is 40.8 Å². The van der Waals surface area contributed by atoms with Crippen LogP contribution in [0.3, 0.4) is 0 Å². The van der Waals surface area contributed by atoms with Crippen molar-refractivity contribution in [3.8, 4) is 0 Å². The zero-order chi connectivity index (χ0) is 20.0. The van der Waals surface area contributed by atoms with Crippen molar-refractivity contribution < 1.29 is 9.59 Å². The van der Waals surface area contributed by atoms with Crippen molar-refractivity contribution in [2.75, 3.05) is 6.54 Å². The average molecular weight is 427 g/mol. The Morgan fingerprint density at radius 1 is 1.14 bits per heavy atom. The number of nitrogens with one attached hydrogen (secondary N) is 1. The number of hydrogen-bond donors (Lipinski definition) is 1. The standard InChI is InChI=1S/C23H26N2O2S2/c26-20(24-23-12-16-8-17(13-23)10-18(9-16)14-23)6-7-25-21(27)19(29-22(25)28)11-15-4-2-1-3-5-15/h1-5,11,16-18H,6-10,12-14H2,(H,24,26). The highest BCUT2D eigenvalue weighted by atomic mass is 32.2. The second-order valence-electron chi connectivity index (χ2n) is 9.24. The second kappa shape index (κ2) is 7.55. The summed E-state index contributed by atoms with van der Waals surface area (Å²) in [7, 11) is 0. The highest BCUT2D eigenvalue weighted by Crippen LogP contribution is 2.55. The molecule has 6 heteroatoms. The molecule has 0 unspecified atom stereocenters. The maximum absolute atomic E-state index is 12.8. The lowest BCUT2D eigenvalue weighted by atomic mass is 9.53. The molecule has 1 saturated heterocycles. The molecule has 1 aromatic rings. The van der Waals surface area contributed by atoms with Gasteiger partial charge in [-0.15, -0.1) is 0 Å². The molecule has 0 atom stereocenters. The SMILES string of the molecule is O=C(CCN1C(=O)C(=Cc2ccccc2)SC1=S)NC12CC3CC(CC(C3)C1)C2. The van der Waals surface area contributed by atoms with E-state index in [0.717, 1.165) is 42.6 Å². The van der Waals surface area contributed by atoms with E-state index in [4.69, 9.17) is 12.2 Å². The fourth-order valence-corrected chi connectivity index (χ4v) is 7.54. The van der Waals surface area contributed by atoms with Crippen LogP contribution < -0.4 is 5.32 Å². The number of nitrogens with zero attached hydrogens (tertiary/aromatic N) is 1. The zero-order valence-electron chi connectivity index (χ0n) is 16.4. The van der Waals surface area contributed by atoms with E-state index in [1.165, 1.54) is 31.0 Å². The number of carbonyl (C=O) groups excluding carboxylic acids is 2. The van der Waals surface area contributed by atoms with Crippen LogP contribution in [0.15, 0.2) is 35.2 Å². The molecule has 4 nitrogen and oxygen atoms in total. The van der Waals surface area contributed by atoms with Gasteiger partial charge in [-0.3, -0.25) is 14.5 Å². The minimum absolute atomic E-state index is 0.0223. The van der Waals surface area contributed by atoms with Gasteiger partial charge in [-0.2, -0.15) is 0 Å². The fourth-order valence-electron chi connectivity index (χ4n) is 6.23. The number of rotatable bonds is 5. The smallest absolute Gasteiger partial charge is 0.266 e. The molecule has 6 rings (SSSR count). The van der Waals surface area contributed by atoms with Gasteiger partial charge in [0, 0.05) is 18.5 Å². The Morgan fingerprint density at radius 2 is 1.76 bits per heavy atom. The predicted molar refractivity (Wildman–Crippen MR) is 120 cm³/mol. The van der Waals surface area contributed by atoms with Gasteiger partial charge in [-0.25, -0.2) is 0 Å². The first-order valence-electron chi connectivity index (χ1n) is 10.6. The van der Waals surface area contributed by atoms with Crippen molar-refractivity contribution in [1.82, 2.24) is 10.2 Å². The minimum Gasteiger partial charge on any atom is -0.351 e. The van der Waals surface area contributed by atoms with E-state index in [2.05, 4.69) is 5.32 Å². The number of thioether (sulfide) groups is 1. The Hall–Kier alpha value is -1.66. The van der Waals surface area contributed by atoms with Crippen LogP contribution in [0.2, 0.25) is 0 Å². The van der Waals surface area contributed by atoms with Gasteiger partial charge in [-0.05, 0) is 67.9 Å². The van der Waals surface area contributed by atoms with E-state index in [9.17, 15) is 9.59 Å². The van der Waals surface area contributed by atoms with Crippen molar-refractivity contribution >= 4 is 46.2 Å². The first kappa shape index (κ1) is 19.3. The summed E-state index contributed by atoms with van der Waals surface area (Å²) in [4.78, 5) is 27.7. The summed E-state index contributed by atoms with van der Waals surface area (Å²) in [5, 5.41) is 3.39. The largest absolute Gasteiger partial charge is 0.351 e. The molecule has 0 spiro atoms. The Labute approximate surface area is 181 Å². The highest BCUT2D eigenvalue weighted by molar-refractivity contribution is 8.26. The van der Waals surface area contributed by atoms with Crippen LogP contribution in [0, 0.1) is 17.8 Å². The van der Waals surface area contributed by atoms with Crippen molar-refractivity contribution in [1.29, 1.82) is 0 Å². The van der Waals surface area contributed by atoms with Crippen LogP contribution in [0.1, 0.15) is 50.5 Å². The third kappa shape index (κ3) is 3.89. The molecule has 5 aliphatic rings. The molecule has 2 amide bonds. The third-order valence-corrected chi connectivity index (χ3v) is 8.35. The normalized spacial score (nSPS) is 34.3. The molecular weight excluding hydrogens is 400 g/mol. The van der Waals surface area contributed by atoms with Crippen molar-refractivity contribution in [3.63, 3.8) is 0 Å². The lowest BCUT2D eigenvalue weighted by molar-refractivity contribution is -0.127. The molecule has 1 aromatic carbocycles. The fraction of sp³-hybridized carbons (Fsp3) is 0.522. The van der Waals surface area contributed by atoms with Crippen LogP contribution in [-0.4, -0.2) is 33.1 Å². The summed E-state index contributed by atoms with van der Waals surface area (Å²) in [6, 6.07) is 9.77. The van der Waals surface area contributed by atoms with Gasteiger partial charge in [0.25, 0.3) is 5.91 Å². The summed E-state index contributed by atoms with van der Waals surface area (Å²) in [5.41, 5.74) is 1.00. The topological polar surface area (TPSA) is 49.4 Å². The average Bonchev–Trinajstić information content (AvgIpc) is 2.92. The van der Waals surface area contributed by atoms with Gasteiger partial charge >= 0.3 is 0 Å². The lowest BCUT2D eigenvalue weighted by Gasteiger charge is -2.57. The molecule has 4 saturated carbocycles. The summed E-state index contributed by atoms with van der Waals surface area (Å²) in [6.45, 7) is 0.356. The predicted octanol–water partition coefficient (Wildman–Crippen LogP) is 4.36. The summed E-state index contributed by atoms with van der Waals surface area (Å²) < 4.78 is 0.541. The number of carbonyl (C=O) groups is 2. The minimum atomic E-state index is -0.0912. The number of hydrogen-bond acceptors (Lipinski definition) is 4. The van der Waals surface area contributed by atoms with Crippen LogP contribution in [-0.2, 0) is 9.59 Å². The van der Waals surface area contributed by atoms with Crippen LogP contribution in [0.4, 0.5) is 0 Å². The quantitative estimate of drug-likeness (QED) is 0.561. The van der Waals surface area contributed by atoms with Gasteiger partial charge in [0.05, 0.1) is 4.91 Å². The van der Waals surface area contributed by atoms with Crippen LogP contribution in [0.5, 0.6) is 0 Å². The lowest BCUT2D eigenvalue weighted by Crippen LogP contribution is -2.60. The van der Waals surface area contributed by atoms with Crippen LogP contribution >= 0.6 is 24.0 Å². The molecule has 1 N–H and O–H groups in total. The van der Waals surface area contributed by atoms with Gasteiger partial charge in [0.1, 0.15) is 4.32 Å². The van der Waals surface area contributed by atoms with E-state index >= 15 is 0 Å². The Bertz CT molecular complexity index is 845. The van der Waals surface area contributed by atoms with E-state index < -0.39 is 0 Å². The van der Waals surface area contributed by atoms with Crippen LogP contribution in [0.25, 0.3) is 6.08 Å². The van der Waals surface area contributed by atoms with Gasteiger partial charge in [-0.1, -0.05) is 54.3 Å². The van der Waals surface area contributed by atoms with E-state index in [1.807, 2.05) is 36.4 Å².